The molecule has 38 heavy (non-hydrogen) atoms. The normalized spacial score (nSPS) is 17.9. The second-order valence-corrected chi connectivity index (χ2v) is 11.1. The molecule has 1 saturated carbocycles. The van der Waals surface area contributed by atoms with Crippen LogP contribution in [-0.2, 0) is 12.0 Å². The van der Waals surface area contributed by atoms with Gasteiger partial charge in [-0.15, -0.1) is 0 Å². The summed E-state index contributed by atoms with van der Waals surface area (Å²) >= 11 is 0. The fourth-order valence-electron chi connectivity index (χ4n) is 4.97. The van der Waals surface area contributed by atoms with Gasteiger partial charge in [-0.1, -0.05) is 45.0 Å². The number of amides is 1. The van der Waals surface area contributed by atoms with Crippen molar-refractivity contribution in [1.82, 2.24) is 20.5 Å². The summed E-state index contributed by atoms with van der Waals surface area (Å²) in [6, 6.07) is 14.6. The number of anilines is 1. The number of aromatic nitrogens is 3. The lowest BCUT2D eigenvalue weighted by Gasteiger charge is -2.26. The van der Waals surface area contributed by atoms with Crippen LogP contribution in [0, 0.1) is 5.82 Å². The molecule has 7 nitrogen and oxygen atoms in total. The molecular formula is C30H34FN5O2. The molecule has 1 fully saturated rings. The van der Waals surface area contributed by atoms with E-state index in [-0.39, 0.29) is 30.0 Å². The number of hydrogen-bond acceptors (Lipinski definition) is 5. The zero-order valence-electron chi connectivity index (χ0n) is 22.0. The fourth-order valence-corrected chi connectivity index (χ4v) is 4.97. The molecule has 8 heteroatoms. The highest BCUT2D eigenvalue weighted by atomic mass is 19.1. The van der Waals surface area contributed by atoms with Crippen molar-refractivity contribution in [3.63, 3.8) is 0 Å². The standard InChI is InChI=1S/C30H34FN5O2/c1-30(2,3)21-8-6-18(7-9-21)29(38)33-17-20-5-4-19(16-25(20)31)24-14-15-32-27-26(24)28(36-35-27)34-22-10-12-23(37)13-11-22/h4-9,14-16,22-23,37H,10-13,17H2,1-3H3,(H,33,38)(H2,32,34,35,36)/t22-,23-. The third kappa shape index (κ3) is 5.55. The van der Waals surface area contributed by atoms with Crippen LogP contribution in [0.15, 0.2) is 54.7 Å². The molecule has 4 aromatic rings. The molecule has 0 atom stereocenters. The Kier molecular flexibility index (Phi) is 7.17. The Bertz CT molecular complexity index is 1430. The molecule has 1 aliphatic carbocycles. The lowest BCUT2D eigenvalue weighted by atomic mass is 9.87. The number of aromatic amines is 1. The van der Waals surface area contributed by atoms with Gasteiger partial charge in [0, 0.05) is 29.9 Å². The molecule has 2 aromatic heterocycles. The van der Waals surface area contributed by atoms with Gasteiger partial charge >= 0.3 is 0 Å². The van der Waals surface area contributed by atoms with Gasteiger partial charge < -0.3 is 15.7 Å². The molecule has 0 spiro atoms. The number of fused-ring (bicyclic) bond motifs is 1. The van der Waals surface area contributed by atoms with Crippen LogP contribution in [0.2, 0.25) is 0 Å². The summed E-state index contributed by atoms with van der Waals surface area (Å²) in [4.78, 5) is 17.0. The first-order chi connectivity index (χ1) is 18.2. The van der Waals surface area contributed by atoms with Crippen molar-refractivity contribution in [2.24, 2.45) is 0 Å². The Morgan fingerprint density at radius 1 is 1.08 bits per heavy atom. The first kappa shape index (κ1) is 25.9. The highest BCUT2D eigenvalue weighted by Crippen LogP contribution is 2.34. The van der Waals surface area contributed by atoms with Crippen LogP contribution in [-0.4, -0.2) is 38.3 Å². The number of nitrogens with zero attached hydrogens (tertiary/aromatic N) is 2. The van der Waals surface area contributed by atoms with E-state index in [4.69, 9.17) is 0 Å². The molecule has 0 radical (unpaired) electrons. The van der Waals surface area contributed by atoms with Gasteiger partial charge in [0.25, 0.3) is 5.91 Å². The Hall–Kier alpha value is -3.78. The molecule has 0 bridgehead atoms. The molecule has 4 N–H and O–H groups in total. The molecule has 5 rings (SSSR count). The van der Waals surface area contributed by atoms with Crippen molar-refractivity contribution in [2.45, 2.75) is 70.6 Å². The molecular weight excluding hydrogens is 481 g/mol. The maximum Gasteiger partial charge on any atom is 0.251 e. The number of carbonyl (C=O) groups excluding carboxylic acids is 1. The van der Waals surface area contributed by atoms with Crippen LogP contribution in [0.1, 0.15) is 67.9 Å². The number of hydrogen-bond donors (Lipinski definition) is 4. The van der Waals surface area contributed by atoms with Crippen LogP contribution < -0.4 is 10.6 Å². The van der Waals surface area contributed by atoms with E-state index in [2.05, 4.69) is 46.6 Å². The molecule has 1 amide bonds. The van der Waals surface area contributed by atoms with Gasteiger partial charge in [0.2, 0.25) is 0 Å². The summed E-state index contributed by atoms with van der Waals surface area (Å²) < 4.78 is 15.2. The number of aliphatic hydroxyl groups excluding tert-OH is 1. The predicted molar refractivity (Wildman–Crippen MR) is 147 cm³/mol. The van der Waals surface area contributed by atoms with E-state index in [9.17, 15) is 9.90 Å². The van der Waals surface area contributed by atoms with E-state index >= 15 is 4.39 Å². The lowest BCUT2D eigenvalue weighted by molar-refractivity contribution is 0.0950. The van der Waals surface area contributed by atoms with E-state index in [1.165, 1.54) is 6.07 Å². The third-order valence-corrected chi connectivity index (χ3v) is 7.32. The quantitative estimate of drug-likeness (QED) is 0.264. The van der Waals surface area contributed by atoms with Crippen molar-refractivity contribution in [3.05, 3.63) is 77.2 Å². The predicted octanol–water partition coefficient (Wildman–Crippen LogP) is 5.71. The fraction of sp³-hybridized carbons (Fsp3) is 0.367. The summed E-state index contributed by atoms with van der Waals surface area (Å²) in [6.45, 7) is 6.46. The van der Waals surface area contributed by atoms with Gasteiger partial charge in [-0.05, 0) is 72.1 Å². The van der Waals surface area contributed by atoms with Gasteiger partial charge in [-0.2, -0.15) is 5.10 Å². The molecule has 2 aromatic carbocycles. The Morgan fingerprint density at radius 3 is 2.50 bits per heavy atom. The van der Waals surface area contributed by atoms with Gasteiger partial charge in [0.05, 0.1) is 11.5 Å². The van der Waals surface area contributed by atoms with Gasteiger partial charge in [-0.3, -0.25) is 9.89 Å². The summed E-state index contributed by atoms with van der Waals surface area (Å²) in [6.07, 6.45) is 4.68. The average Bonchev–Trinajstić information content (AvgIpc) is 3.31. The van der Waals surface area contributed by atoms with Gasteiger partial charge in [0.1, 0.15) is 5.82 Å². The lowest BCUT2D eigenvalue weighted by Crippen LogP contribution is -2.28. The Balaban J connectivity index is 1.31. The monoisotopic (exact) mass is 515 g/mol. The highest BCUT2D eigenvalue weighted by Gasteiger charge is 2.22. The molecule has 0 saturated heterocycles. The maximum absolute atomic E-state index is 15.2. The van der Waals surface area contributed by atoms with E-state index in [1.54, 1.807) is 24.4 Å². The number of H-pyrrole nitrogens is 1. The van der Waals surface area contributed by atoms with Crippen molar-refractivity contribution in [1.29, 1.82) is 0 Å². The number of aliphatic hydroxyl groups is 1. The first-order valence-corrected chi connectivity index (χ1v) is 13.1. The zero-order valence-corrected chi connectivity index (χ0v) is 22.0. The molecule has 198 valence electrons. The van der Waals surface area contributed by atoms with E-state index in [0.29, 0.717) is 28.2 Å². The first-order valence-electron chi connectivity index (χ1n) is 13.1. The SMILES string of the molecule is CC(C)(C)c1ccc(C(=O)NCc2ccc(-c3ccnc4[nH]nc(N[C@H]5CC[C@H](O)CC5)c34)cc2F)cc1. The largest absolute Gasteiger partial charge is 0.393 e. The second-order valence-electron chi connectivity index (χ2n) is 11.1. The molecule has 0 aliphatic heterocycles. The molecule has 2 heterocycles. The maximum atomic E-state index is 15.2. The second kappa shape index (κ2) is 10.5. The third-order valence-electron chi connectivity index (χ3n) is 7.32. The summed E-state index contributed by atoms with van der Waals surface area (Å²) in [5.74, 6) is 0.0444. The average molecular weight is 516 g/mol. The Labute approximate surface area is 221 Å². The van der Waals surface area contributed by atoms with Crippen molar-refractivity contribution < 1.29 is 14.3 Å². The smallest absolute Gasteiger partial charge is 0.251 e. The number of nitrogens with one attached hydrogen (secondary N) is 3. The van der Waals surface area contributed by atoms with Crippen LogP contribution in [0.4, 0.5) is 10.2 Å². The van der Waals surface area contributed by atoms with E-state index in [0.717, 1.165) is 42.2 Å². The van der Waals surface area contributed by atoms with Gasteiger partial charge in [-0.25, -0.2) is 9.37 Å². The van der Waals surface area contributed by atoms with Crippen LogP contribution in [0.25, 0.3) is 22.2 Å². The molecule has 0 unspecified atom stereocenters. The topological polar surface area (TPSA) is 103 Å². The van der Waals surface area contributed by atoms with Crippen molar-refractivity contribution in [3.8, 4) is 11.1 Å². The Morgan fingerprint density at radius 2 is 1.82 bits per heavy atom. The van der Waals surface area contributed by atoms with Crippen LogP contribution >= 0.6 is 0 Å². The number of carbonyl (C=O) groups is 1. The summed E-state index contributed by atoms with van der Waals surface area (Å²) in [5, 5.41) is 24.3. The van der Waals surface area contributed by atoms with E-state index < -0.39 is 5.82 Å². The van der Waals surface area contributed by atoms with Crippen molar-refractivity contribution >= 4 is 22.8 Å². The molecule has 1 aliphatic rings. The number of halogens is 1. The van der Waals surface area contributed by atoms with Crippen LogP contribution in [0.3, 0.4) is 0 Å². The minimum absolute atomic E-state index is 0.00694. The number of rotatable bonds is 6. The number of benzene rings is 2. The van der Waals surface area contributed by atoms with Gasteiger partial charge in [0.15, 0.2) is 11.5 Å². The number of pyridine rings is 1. The summed E-state index contributed by atoms with van der Waals surface area (Å²) in [5.41, 5.74) is 4.24. The van der Waals surface area contributed by atoms with E-state index in [1.807, 2.05) is 24.3 Å². The highest BCUT2D eigenvalue weighted by molar-refractivity contribution is 6.00. The minimum atomic E-state index is -0.393. The summed E-state index contributed by atoms with van der Waals surface area (Å²) in [7, 11) is 0. The minimum Gasteiger partial charge on any atom is -0.393 e. The van der Waals surface area contributed by atoms with Crippen molar-refractivity contribution in [2.75, 3.05) is 5.32 Å². The zero-order chi connectivity index (χ0) is 26.9. The van der Waals surface area contributed by atoms with Crippen LogP contribution in [0.5, 0.6) is 0 Å².